The molecule has 3 nitrogen and oxygen atoms in total. The van der Waals surface area contributed by atoms with Crippen LogP contribution in [0.3, 0.4) is 0 Å². The third kappa shape index (κ3) is 3.60. The van der Waals surface area contributed by atoms with Crippen molar-refractivity contribution in [2.75, 3.05) is 12.4 Å². The largest absolute Gasteiger partial charge is 0.243 e. The fraction of sp³-hybridized carbons (Fsp3) is 0.538. The summed E-state index contributed by atoms with van der Waals surface area (Å²) in [5.74, 6) is 0.440. The lowest BCUT2D eigenvalue weighted by Gasteiger charge is -2.36. The van der Waals surface area contributed by atoms with Crippen LogP contribution in [0.4, 0.5) is 0 Å². The summed E-state index contributed by atoms with van der Waals surface area (Å²) in [6, 6.07) is 4.47. The van der Waals surface area contributed by atoms with Crippen molar-refractivity contribution in [1.82, 2.24) is 4.31 Å². The van der Waals surface area contributed by atoms with E-state index in [1.54, 1.807) is 4.31 Å². The van der Waals surface area contributed by atoms with Crippen molar-refractivity contribution < 1.29 is 8.42 Å². The number of benzene rings is 1. The fourth-order valence-corrected chi connectivity index (χ4v) is 4.77. The normalized spacial score (nSPS) is 16.4. The average Bonchev–Trinajstić information content (AvgIpc) is 2.30. The minimum absolute atomic E-state index is 0.0703. The predicted molar refractivity (Wildman–Crippen MR) is 83.3 cm³/mol. The van der Waals surface area contributed by atoms with E-state index < -0.39 is 10.0 Å². The zero-order valence-electron chi connectivity index (χ0n) is 10.9. The van der Waals surface area contributed by atoms with E-state index in [0.717, 1.165) is 19.3 Å². The number of rotatable bonds is 6. The second kappa shape index (κ2) is 6.84. The molecule has 0 radical (unpaired) electrons. The van der Waals surface area contributed by atoms with Crippen molar-refractivity contribution in [3.8, 4) is 0 Å². The monoisotopic (exact) mass is 355 g/mol. The van der Waals surface area contributed by atoms with Crippen molar-refractivity contribution in [3.05, 3.63) is 28.2 Å². The fourth-order valence-electron chi connectivity index (χ4n) is 2.20. The molecule has 0 aliphatic heterocycles. The highest BCUT2D eigenvalue weighted by atomic mass is 35.5. The van der Waals surface area contributed by atoms with E-state index in [2.05, 4.69) is 0 Å². The Hall–Kier alpha value is -0.000000000000000111. The first-order valence-corrected chi connectivity index (χ1v) is 9.22. The zero-order chi connectivity index (χ0) is 14.8. The van der Waals surface area contributed by atoms with Crippen LogP contribution < -0.4 is 0 Å². The lowest BCUT2D eigenvalue weighted by atomic mass is 9.93. The van der Waals surface area contributed by atoms with Crippen LogP contribution in [0, 0.1) is 0 Å². The second-order valence-corrected chi connectivity index (χ2v) is 7.99. The Labute approximate surface area is 134 Å². The topological polar surface area (TPSA) is 37.4 Å². The van der Waals surface area contributed by atoms with Gasteiger partial charge < -0.3 is 0 Å². The van der Waals surface area contributed by atoms with E-state index in [4.69, 9.17) is 34.8 Å². The van der Waals surface area contributed by atoms with E-state index >= 15 is 0 Å². The molecule has 2 rings (SSSR count). The van der Waals surface area contributed by atoms with Gasteiger partial charge in [-0.1, -0.05) is 29.6 Å². The summed E-state index contributed by atoms with van der Waals surface area (Å²) >= 11 is 17.5. The summed E-state index contributed by atoms with van der Waals surface area (Å²) in [6.45, 7) is 0.431. The van der Waals surface area contributed by atoms with Gasteiger partial charge in [0.25, 0.3) is 0 Å². The van der Waals surface area contributed by atoms with E-state index in [9.17, 15) is 8.42 Å². The number of hydrogen-bond acceptors (Lipinski definition) is 2. The Morgan fingerprint density at radius 3 is 2.20 bits per heavy atom. The van der Waals surface area contributed by atoms with Gasteiger partial charge in [0.15, 0.2) is 0 Å². The van der Waals surface area contributed by atoms with Gasteiger partial charge in [0.1, 0.15) is 0 Å². The quantitative estimate of drug-likeness (QED) is 0.718. The van der Waals surface area contributed by atoms with Gasteiger partial charge in [-0.3, -0.25) is 0 Å². The smallest absolute Gasteiger partial charge is 0.207 e. The van der Waals surface area contributed by atoms with Crippen LogP contribution in [-0.4, -0.2) is 31.2 Å². The van der Waals surface area contributed by atoms with Gasteiger partial charge in [-0.25, -0.2) is 8.42 Å². The van der Waals surface area contributed by atoms with Gasteiger partial charge in [-0.05, 0) is 37.5 Å². The first kappa shape index (κ1) is 16.4. The second-order valence-electron chi connectivity index (χ2n) is 4.85. The number of sulfonamides is 1. The minimum atomic E-state index is -3.57. The number of alkyl halides is 1. The first-order chi connectivity index (χ1) is 9.45. The molecule has 1 aromatic carbocycles. The summed E-state index contributed by atoms with van der Waals surface area (Å²) in [4.78, 5) is 0.150. The lowest BCUT2D eigenvalue weighted by molar-refractivity contribution is 0.220. The summed E-state index contributed by atoms with van der Waals surface area (Å²) < 4.78 is 27.0. The Balaban J connectivity index is 2.33. The predicted octanol–water partition coefficient (Wildman–Crippen LogP) is 4.17. The molecule has 0 spiro atoms. The van der Waals surface area contributed by atoms with E-state index in [1.807, 2.05) is 0 Å². The molecule has 1 fully saturated rings. The van der Waals surface area contributed by atoms with Crippen molar-refractivity contribution in [3.63, 3.8) is 0 Å². The molecule has 1 aliphatic carbocycles. The van der Waals surface area contributed by atoms with Crippen LogP contribution >= 0.6 is 34.8 Å². The third-order valence-electron chi connectivity index (χ3n) is 3.44. The zero-order valence-corrected chi connectivity index (χ0v) is 13.9. The Morgan fingerprint density at radius 1 is 1.15 bits per heavy atom. The van der Waals surface area contributed by atoms with Crippen LogP contribution in [0.25, 0.3) is 0 Å². The van der Waals surface area contributed by atoms with Crippen molar-refractivity contribution in [2.24, 2.45) is 0 Å². The molecule has 0 bridgehead atoms. The molecule has 0 saturated heterocycles. The Morgan fingerprint density at radius 2 is 1.75 bits per heavy atom. The number of hydrogen-bond donors (Lipinski definition) is 0. The van der Waals surface area contributed by atoms with Crippen LogP contribution in [0.1, 0.15) is 25.7 Å². The summed E-state index contributed by atoms with van der Waals surface area (Å²) in [5.41, 5.74) is 0. The average molecular weight is 357 g/mol. The van der Waals surface area contributed by atoms with Crippen LogP contribution in [-0.2, 0) is 10.0 Å². The molecule has 1 saturated carbocycles. The third-order valence-corrected chi connectivity index (χ3v) is 6.07. The molecular formula is C13H16Cl3NO2S. The maximum absolute atomic E-state index is 12.7. The van der Waals surface area contributed by atoms with Gasteiger partial charge in [0.05, 0.1) is 4.90 Å². The molecule has 7 heteroatoms. The number of nitrogens with zero attached hydrogens (tertiary/aromatic N) is 1. The molecule has 1 aliphatic rings. The molecule has 20 heavy (non-hydrogen) atoms. The van der Waals surface area contributed by atoms with Gasteiger partial charge in [0.2, 0.25) is 10.0 Å². The molecule has 0 amide bonds. The molecule has 0 heterocycles. The van der Waals surface area contributed by atoms with Crippen LogP contribution in [0.5, 0.6) is 0 Å². The Kier molecular flexibility index (Phi) is 5.60. The molecule has 0 N–H and O–H groups in total. The van der Waals surface area contributed by atoms with Gasteiger partial charge in [0, 0.05) is 28.5 Å². The van der Waals surface area contributed by atoms with Crippen molar-refractivity contribution in [1.29, 1.82) is 0 Å². The van der Waals surface area contributed by atoms with Crippen LogP contribution in [0.2, 0.25) is 10.0 Å². The Bertz CT molecular complexity index is 553. The molecule has 0 aromatic heterocycles. The summed E-state index contributed by atoms with van der Waals surface area (Å²) in [5, 5.41) is 0.643. The van der Waals surface area contributed by atoms with Gasteiger partial charge in [-0.15, -0.1) is 11.6 Å². The first-order valence-electron chi connectivity index (χ1n) is 6.49. The van der Waals surface area contributed by atoms with E-state index in [-0.39, 0.29) is 10.9 Å². The van der Waals surface area contributed by atoms with Crippen molar-refractivity contribution >= 4 is 44.8 Å². The summed E-state index contributed by atoms with van der Waals surface area (Å²) in [6.07, 6.45) is 3.49. The molecule has 1 aromatic rings. The van der Waals surface area contributed by atoms with E-state index in [0.29, 0.717) is 28.9 Å². The molecule has 112 valence electrons. The maximum Gasteiger partial charge on any atom is 0.243 e. The lowest BCUT2D eigenvalue weighted by Crippen LogP contribution is -2.44. The van der Waals surface area contributed by atoms with Crippen molar-refractivity contribution in [2.45, 2.75) is 36.6 Å². The highest BCUT2D eigenvalue weighted by Gasteiger charge is 2.34. The van der Waals surface area contributed by atoms with Gasteiger partial charge in [-0.2, -0.15) is 4.31 Å². The number of halogens is 3. The molecule has 0 unspecified atom stereocenters. The van der Waals surface area contributed by atoms with Crippen LogP contribution in [0.15, 0.2) is 23.1 Å². The highest BCUT2D eigenvalue weighted by Crippen LogP contribution is 2.32. The highest BCUT2D eigenvalue weighted by molar-refractivity contribution is 7.89. The SMILES string of the molecule is O=S(=O)(c1cc(Cl)cc(Cl)c1)N(CCCCl)C1CCC1. The van der Waals surface area contributed by atoms with Gasteiger partial charge >= 0.3 is 0 Å². The van der Waals surface area contributed by atoms with E-state index in [1.165, 1.54) is 18.2 Å². The minimum Gasteiger partial charge on any atom is -0.207 e. The molecule has 0 atom stereocenters. The molecular weight excluding hydrogens is 341 g/mol. The standard InChI is InChI=1S/C13H16Cl3NO2S/c14-5-2-6-17(12-3-1-4-12)20(18,19)13-8-10(15)7-11(16)9-13/h7-9,12H,1-6H2. The maximum atomic E-state index is 12.7. The summed E-state index contributed by atoms with van der Waals surface area (Å²) in [7, 11) is -3.57.